The molecule has 0 saturated carbocycles. The fourth-order valence-corrected chi connectivity index (χ4v) is 2.65. The molecule has 2 N–H and O–H groups in total. The molecule has 0 aromatic heterocycles. The van der Waals surface area contributed by atoms with Crippen LogP contribution in [-0.4, -0.2) is 5.21 Å². The predicted octanol–water partition coefficient (Wildman–Crippen LogP) is 3.55. The van der Waals surface area contributed by atoms with Gasteiger partial charge < -0.3 is 5.21 Å². The maximum absolute atomic E-state index is 13.5. The fraction of sp³-hybridized carbons (Fsp3) is 0.125. The molecule has 0 bridgehead atoms. The summed E-state index contributed by atoms with van der Waals surface area (Å²) in [6.45, 7) is 1.84. The number of hydrogen-bond donors (Lipinski definition) is 2. The van der Waals surface area contributed by atoms with E-state index in [9.17, 15) is 9.60 Å². The monoisotopic (exact) mass is 255 g/mol. The lowest BCUT2D eigenvalue weighted by atomic mass is 9.82. The normalized spacial score (nSPS) is 20.6. The smallest absolute Gasteiger partial charge is 0.123 e. The molecule has 0 unspecified atom stereocenters. The molecular weight excluding hydrogens is 241 g/mol. The SMILES string of the molecule is C[C@@]1(NO)c2ccccc2C=Cc2ccc(F)cc21. The Balaban J connectivity index is 2.35. The standard InChI is InChI=1S/C16H14FNO/c1-16(18-19)14-5-3-2-4-11(14)6-7-12-8-9-13(17)10-15(12)16/h2-10,18-19H,1H3/t16-/m1/s1. The predicted molar refractivity (Wildman–Crippen MR) is 73.1 cm³/mol. The van der Waals surface area contributed by atoms with E-state index in [-0.39, 0.29) is 5.82 Å². The topological polar surface area (TPSA) is 32.3 Å². The van der Waals surface area contributed by atoms with Crippen molar-refractivity contribution < 1.29 is 9.60 Å². The maximum atomic E-state index is 13.5. The fourth-order valence-electron chi connectivity index (χ4n) is 2.65. The molecule has 2 nitrogen and oxygen atoms in total. The zero-order chi connectivity index (χ0) is 13.5. The average Bonchev–Trinajstić information content (AvgIpc) is 2.56. The third-order valence-corrected chi connectivity index (χ3v) is 3.72. The average molecular weight is 255 g/mol. The van der Waals surface area contributed by atoms with Gasteiger partial charge >= 0.3 is 0 Å². The van der Waals surface area contributed by atoms with Crippen molar-refractivity contribution in [1.82, 2.24) is 5.48 Å². The minimum Gasteiger partial charge on any atom is -0.316 e. The van der Waals surface area contributed by atoms with E-state index in [0.29, 0.717) is 0 Å². The van der Waals surface area contributed by atoms with Crippen LogP contribution in [0.5, 0.6) is 0 Å². The molecule has 1 atom stereocenters. The van der Waals surface area contributed by atoms with Crippen molar-refractivity contribution in [1.29, 1.82) is 0 Å². The van der Waals surface area contributed by atoms with E-state index in [1.54, 1.807) is 6.07 Å². The Morgan fingerprint density at radius 1 is 1.00 bits per heavy atom. The van der Waals surface area contributed by atoms with E-state index in [2.05, 4.69) is 5.48 Å². The Kier molecular flexibility index (Phi) is 2.73. The molecule has 0 amide bonds. The molecule has 1 aliphatic carbocycles. The first-order valence-electron chi connectivity index (χ1n) is 6.14. The van der Waals surface area contributed by atoms with E-state index in [1.165, 1.54) is 12.1 Å². The van der Waals surface area contributed by atoms with Crippen molar-refractivity contribution in [3.05, 3.63) is 70.5 Å². The zero-order valence-electron chi connectivity index (χ0n) is 10.5. The second-order valence-corrected chi connectivity index (χ2v) is 4.89. The lowest BCUT2D eigenvalue weighted by Gasteiger charge is -2.30. The Morgan fingerprint density at radius 2 is 1.68 bits per heavy atom. The molecular formula is C16H14FNO. The highest BCUT2D eigenvalue weighted by Crippen LogP contribution is 2.37. The van der Waals surface area contributed by atoms with Crippen LogP contribution in [0.25, 0.3) is 12.2 Å². The molecule has 96 valence electrons. The van der Waals surface area contributed by atoms with Crippen LogP contribution >= 0.6 is 0 Å². The summed E-state index contributed by atoms with van der Waals surface area (Å²) in [5, 5.41) is 9.66. The first-order chi connectivity index (χ1) is 9.15. The number of hydroxylamine groups is 1. The summed E-state index contributed by atoms with van der Waals surface area (Å²) in [4.78, 5) is 0. The highest BCUT2D eigenvalue weighted by atomic mass is 19.1. The number of nitrogens with one attached hydrogen (secondary N) is 1. The molecule has 3 heteroatoms. The first kappa shape index (κ1) is 12.1. The molecule has 3 rings (SSSR count). The van der Waals surface area contributed by atoms with Crippen LogP contribution in [0.15, 0.2) is 42.5 Å². The van der Waals surface area contributed by atoms with Crippen molar-refractivity contribution in [2.24, 2.45) is 0 Å². The molecule has 19 heavy (non-hydrogen) atoms. The summed E-state index contributed by atoms with van der Waals surface area (Å²) < 4.78 is 13.5. The molecule has 1 aliphatic rings. The molecule has 0 aliphatic heterocycles. The third-order valence-electron chi connectivity index (χ3n) is 3.72. The van der Waals surface area contributed by atoms with Gasteiger partial charge in [-0.25, -0.2) is 4.39 Å². The largest absolute Gasteiger partial charge is 0.316 e. The van der Waals surface area contributed by atoms with Crippen LogP contribution in [0.2, 0.25) is 0 Å². The van der Waals surface area contributed by atoms with Crippen LogP contribution in [0.1, 0.15) is 29.2 Å². The van der Waals surface area contributed by atoms with Gasteiger partial charge in [0.05, 0.1) is 5.54 Å². The lowest BCUT2D eigenvalue weighted by molar-refractivity contribution is 0.0920. The Hall–Kier alpha value is -1.97. The van der Waals surface area contributed by atoms with Crippen molar-refractivity contribution in [3.8, 4) is 0 Å². The van der Waals surface area contributed by atoms with Crippen molar-refractivity contribution in [2.75, 3.05) is 0 Å². The second-order valence-electron chi connectivity index (χ2n) is 4.89. The number of rotatable bonds is 1. The minimum absolute atomic E-state index is 0.312. The van der Waals surface area contributed by atoms with Crippen LogP contribution in [0.4, 0.5) is 4.39 Å². The Bertz CT molecular complexity index is 666. The van der Waals surface area contributed by atoms with E-state index < -0.39 is 5.54 Å². The summed E-state index contributed by atoms with van der Waals surface area (Å²) in [7, 11) is 0. The highest BCUT2D eigenvalue weighted by Gasteiger charge is 2.33. The first-order valence-corrected chi connectivity index (χ1v) is 6.14. The molecule has 0 spiro atoms. The van der Waals surface area contributed by atoms with Crippen LogP contribution in [0, 0.1) is 5.82 Å². The number of fused-ring (bicyclic) bond motifs is 2. The van der Waals surface area contributed by atoms with Crippen LogP contribution in [0.3, 0.4) is 0 Å². The summed E-state index contributed by atoms with van der Waals surface area (Å²) in [5.41, 5.74) is 5.04. The minimum atomic E-state index is -0.836. The van der Waals surface area contributed by atoms with Gasteiger partial charge in [0.2, 0.25) is 0 Å². The van der Waals surface area contributed by atoms with Gasteiger partial charge in [0.25, 0.3) is 0 Å². The summed E-state index contributed by atoms with van der Waals surface area (Å²) in [5.74, 6) is -0.312. The van der Waals surface area contributed by atoms with Crippen LogP contribution < -0.4 is 5.48 Å². The van der Waals surface area contributed by atoms with Gasteiger partial charge in [-0.2, -0.15) is 5.48 Å². The van der Waals surface area contributed by atoms with Crippen molar-refractivity contribution in [3.63, 3.8) is 0 Å². The molecule has 2 aromatic rings. The molecule has 2 aromatic carbocycles. The quantitative estimate of drug-likeness (QED) is 0.764. The van der Waals surface area contributed by atoms with Gasteiger partial charge in [-0.15, -0.1) is 0 Å². The van der Waals surface area contributed by atoms with Gasteiger partial charge in [0.1, 0.15) is 5.82 Å². The number of halogens is 1. The van der Waals surface area contributed by atoms with Crippen molar-refractivity contribution >= 4 is 12.2 Å². The molecule has 0 fully saturated rings. The summed E-state index contributed by atoms with van der Waals surface area (Å²) >= 11 is 0. The van der Waals surface area contributed by atoms with Crippen molar-refractivity contribution in [2.45, 2.75) is 12.5 Å². The molecule has 0 radical (unpaired) electrons. The van der Waals surface area contributed by atoms with Crippen LogP contribution in [-0.2, 0) is 5.54 Å². The summed E-state index contributed by atoms with van der Waals surface area (Å²) in [6, 6.07) is 12.4. The van der Waals surface area contributed by atoms with Gasteiger partial charge in [-0.05, 0) is 41.3 Å². The number of benzene rings is 2. The lowest BCUT2D eigenvalue weighted by Crippen LogP contribution is -2.39. The highest BCUT2D eigenvalue weighted by molar-refractivity contribution is 5.77. The third kappa shape index (κ3) is 1.79. The maximum Gasteiger partial charge on any atom is 0.123 e. The van der Waals surface area contributed by atoms with Gasteiger partial charge in [0, 0.05) is 0 Å². The molecule has 0 saturated heterocycles. The van der Waals surface area contributed by atoms with E-state index in [0.717, 1.165) is 22.3 Å². The Labute approximate surface area is 111 Å². The van der Waals surface area contributed by atoms with Gasteiger partial charge in [-0.1, -0.05) is 42.5 Å². The Morgan fingerprint density at radius 3 is 2.42 bits per heavy atom. The second kappa shape index (κ2) is 4.30. The van der Waals surface area contributed by atoms with E-state index in [1.807, 2.05) is 43.3 Å². The van der Waals surface area contributed by atoms with Gasteiger partial charge in [0.15, 0.2) is 0 Å². The zero-order valence-corrected chi connectivity index (χ0v) is 10.5. The summed E-state index contributed by atoms with van der Waals surface area (Å²) in [6.07, 6.45) is 3.92. The molecule has 0 heterocycles. The number of hydrogen-bond acceptors (Lipinski definition) is 2. The van der Waals surface area contributed by atoms with E-state index >= 15 is 0 Å². The van der Waals surface area contributed by atoms with E-state index in [4.69, 9.17) is 0 Å². The van der Waals surface area contributed by atoms with Gasteiger partial charge in [-0.3, -0.25) is 0 Å².